The molecule has 3 nitrogen and oxygen atoms in total. The molecule has 8 aromatic carbocycles. The summed E-state index contributed by atoms with van der Waals surface area (Å²) in [6.45, 7) is 0. The second-order valence-corrected chi connectivity index (χ2v) is 15.2. The lowest BCUT2D eigenvalue weighted by Crippen LogP contribution is -2.25. The van der Waals surface area contributed by atoms with Crippen molar-refractivity contribution in [3.05, 3.63) is 246 Å². The van der Waals surface area contributed by atoms with E-state index >= 15 is 0 Å². The van der Waals surface area contributed by atoms with Gasteiger partial charge in [-0.25, -0.2) is 0 Å². The Morgan fingerprint density at radius 1 is 0.448 bits per heavy atom. The molecule has 0 fully saturated rings. The summed E-state index contributed by atoms with van der Waals surface area (Å²) in [6.07, 6.45) is 8.86. The fourth-order valence-electron chi connectivity index (χ4n) is 9.89. The van der Waals surface area contributed by atoms with E-state index in [9.17, 15) is 0 Å². The number of ether oxygens (including phenoxy) is 2. The van der Waals surface area contributed by atoms with Crippen LogP contribution in [0.15, 0.2) is 188 Å². The van der Waals surface area contributed by atoms with Crippen LogP contribution >= 0.6 is 0 Å². The van der Waals surface area contributed by atoms with Crippen molar-refractivity contribution in [2.75, 3.05) is 4.90 Å². The van der Waals surface area contributed by atoms with Gasteiger partial charge in [0, 0.05) is 34.8 Å². The SMILES string of the molecule is c1ccc(C2C=CC=CC2c2ccc(N(c3ccccc3)c3ccc4c(c3)Oc3c(ccc5c3-c3ccccc3C53c5cc#ccc5-c5ccccc53)O4)cc2)cc#1. The first-order valence-corrected chi connectivity index (χ1v) is 19.7. The molecule has 0 bridgehead atoms. The van der Waals surface area contributed by atoms with Gasteiger partial charge >= 0.3 is 0 Å². The van der Waals surface area contributed by atoms with E-state index in [-0.39, 0.29) is 11.8 Å². The molecule has 3 aliphatic carbocycles. The van der Waals surface area contributed by atoms with Crippen LogP contribution in [-0.2, 0) is 5.41 Å². The Labute approximate surface area is 338 Å². The number of anilines is 3. The van der Waals surface area contributed by atoms with Crippen molar-refractivity contribution in [1.82, 2.24) is 0 Å². The summed E-state index contributed by atoms with van der Waals surface area (Å²) < 4.78 is 13.8. The Bertz CT molecular complexity index is 2920. The maximum Gasteiger partial charge on any atom is 0.178 e. The van der Waals surface area contributed by atoms with Crippen LogP contribution in [0.4, 0.5) is 17.1 Å². The smallest absolute Gasteiger partial charge is 0.178 e. The van der Waals surface area contributed by atoms with Crippen molar-refractivity contribution in [2.24, 2.45) is 0 Å². The van der Waals surface area contributed by atoms with Crippen LogP contribution in [0.2, 0.25) is 0 Å². The molecule has 0 saturated carbocycles. The van der Waals surface area contributed by atoms with Gasteiger partial charge in [-0.3, -0.25) is 0 Å². The predicted molar refractivity (Wildman–Crippen MR) is 230 cm³/mol. The second-order valence-electron chi connectivity index (χ2n) is 15.2. The monoisotopic (exact) mass is 739 g/mol. The third-order valence-electron chi connectivity index (χ3n) is 12.3. The summed E-state index contributed by atoms with van der Waals surface area (Å²) in [5.41, 5.74) is 14.6. The van der Waals surface area contributed by atoms with Crippen molar-refractivity contribution in [3.63, 3.8) is 0 Å². The predicted octanol–water partition coefficient (Wildman–Crippen LogP) is 13.6. The highest BCUT2D eigenvalue weighted by Crippen LogP contribution is 2.66. The maximum absolute atomic E-state index is 7.09. The summed E-state index contributed by atoms with van der Waals surface area (Å²) in [6, 6.07) is 70.5. The van der Waals surface area contributed by atoms with Gasteiger partial charge in [0.15, 0.2) is 23.0 Å². The molecule has 0 amide bonds. The van der Waals surface area contributed by atoms with E-state index < -0.39 is 5.41 Å². The average molecular weight is 740 g/mol. The minimum atomic E-state index is -0.512. The summed E-state index contributed by atoms with van der Waals surface area (Å²) in [7, 11) is 0. The third kappa shape index (κ3) is 4.65. The van der Waals surface area contributed by atoms with Gasteiger partial charge in [0.25, 0.3) is 0 Å². The zero-order valence-electron chi connectivity index (χ0n) is 31.3. The van der Waals surface area contributed by atoms with Crippen molar-refractivity contribution < 1.29 is 9.47 Å². The van der Waals surface area contributed by atoms with Crippen LogP contribution in [0.1, 0.15) is 45.2 Å². The number of allylic oxidation sites excluding steroid dienone is 4. The van der Waals surface area contributed by atoms with Gasteiger partial charge in [0.05, 0.1) is 11.1 Å². The van der Waals surface area contributed by atoms with Crippen molar-refractivity contribution in [3.8, 4) is 45.3 Å². The van der Waals surface area contributed by atoms with Crippen LogP contribution in [0.3, 0.4) is 0 Å². The summed E-state index contributed by atoms with van der Waals surface area (Å²) in [5, 5.41) is 0. The zero-order valence-corrected chi connectivity index (χ0v) is 31.3. The number of hydrogen-bond acceptors (Lipinski definition) is 3. The Kier molecular flexibility index (Phi) is 7.09. The molecule has 8 aromatic rings. The van der Waals surface area contributed by atoms with E-state index in [0.29, 0.717) is 17.2 Å². The van der Waals surface area contributed by atoms with Gasteiger partial charge in [-0.05, 0) is 123 Å². The number of para-hydroxylation sites is 1. The molecule has 0 aromatic heterocycles. The molecule has 0 N–H and O–H groups in total. The second kappa shape index (κ2) is 12.7. The fourth-order valence-corrected chi connectivity index (χ4v) is 9.89. The molecule has 1 heterocycles. The number of nitrogens with zero attached hydrogens (tertiary/aromatic N) is 1. The van der Waals surface area contributed by atoms with Gasteiger partial charge < -0.3 is 14.4 Å². The lowest BCUT2D eigenvalue weighted by Gasteiger charge is -2.31. The average Bonchev–Trinajstić information content (AvgIpc) is 3.77. The number of fused-ring (bicyclic) bond motifs is 13. The van der Waals surface area contributed by atoms with Crippen LogP contribution in [0.25, 0.3) is 22.3 Å². The topological polar surface area (TPSA) is 21.7 Å². The van der Waals surface area contributed by atoms with Gasteiger partial charge in [0.2, 0.25) is 0 Å². The van der Waals surface area contributed by atoms with E-state index in [4.69, 9.17) is 9.47 Å². The first kappa shape index (κ1) is 32.5. The molecule has 3 atom stereocenters. The highest BCUT2D eigenvalue weighted by molar-refractivity contribution is 5.97. The molecule has 270 valence electrons. The van der Waals surface area contributed by atoms with Crippen molar-refractivity contribution >= 4 is 17.1 Å². The molecule has 4 aliphatic rings. The van der Waals surface area contributed by atoms with Gasteiger partial charge in [-0.2, -0.15) is 0 Å². The molecule has 12 rings (SSSR count). The summed E-state index contributed by atoms with van der Waals surface area (Å²) in [5.74, 6) is 3.23. The molecule has 3 heteroatoms. The zero-order chi connectivity index (χ0) is 38.2. The van der Waals surface area contributed by atoms with Crippen molar-refractivity contribution in [1.29, 1.82) is 0 Å². The summed E-state index contributed by atoms with van der Waals surface area (Å²) in [4.78, 5) is 2.28. The van der Waals surface area contributed by atoms with Crippen LogP contribution in [0, 0.1) is 24.3 Å². The Hall–Kier alpha value is -7.72. The van der Waals surface area contributed by atoms with Gasteiger partial charge in [-0.1, -0.05) is 133 Å². The van der Waals surface area contributed by atoms with Crippen LogP contribution in [-0.4, -0.2) is 0 Å². The quantitative estimate of drug-likeness (QED) is 0.175. The molecule has 0 radical (unpaired) electrons. The fraction of sp³-hybridized carbons (Fsp3) is 0.0545. The largest absolute Gasteiger partial charge is 0.449 e. The Balaban J connectivity index is 0.954. The normalized spacial score (nSPS) is 16.6. The molecule has 3 unspecified atom stereocenters. The molecule has 1 spiro atoms. The molecule has 1 aliphatic heterocycles. The summed E-state index contributed by atoms with van der Waals surface area (Å²) >= 11 is 0. The standard InChI is InChI=1S/C55H33NO2/c1-3-15-36(16-4-1)41-19-7-8-20-42(41)37-27-29-39(30-28-37)56(38-17-5-2-6-18-38)40-31-33-50-52(35-40)58-54-51(57-50)34-32-49-53(54)45-23-11-14-26-48(45)55(49)46-24-12-9-21-43(46)44-22-10-13-25-47(44)55/h2-3,5-9,11-12,14-35,41-42H. The number of benzene rings is 6. The lowest BCUT2D eigenvalue weighted by molar-refractivity contribution is 0.360. The van der Waals surface area contributed by atoms with Gasteiger partial charge in [0.1, 0.15) is 0 Å². The third-order valence-corrected chi connectivity index (χ3v) is 12.3. The minimum Gasteiger partial charge on any atom is -0.449 e. The van der Waals surface area contributed by atoms with Crippen LogP contribution < -0.4 is 14.4 Å². The number of rotatable bonds is 5. The first-order valence-electron chi connectivity index (χ1n) is 19.7. The van der Waals surface area contributed by atoms with E-state index in [1.807, 2.05) is 18.2 Å². The van der Waals surface area contributed by atoms with E-state index in [1.54, 1.807) is 0 Å². The van der Waals surface area contributed by atoms with Gasteiger partial charge in [-0.15, -0.1) is 0 Å². The highest BCUT2D eigenvalue weighted by Gasteiger charge is 2.53. The maximum atomic E-state index is 7.09. The Morgan fingerprint density at radius 3 is 1.93 bits per heavy atom. The van der Waals surface area contributed by atoms with Crippen LogP contribution in [0.5, 0.6) is 23.0 Å². The van der Waals surface area contributed by atoms with E-state index in [2.05, 4.69) is 199 Å². The molecular formula is C55H33NO2. The van der Waals surface area contributed by atoms with E-state index in [1.165, 1.54) is 44.5 Å². The van der Waals surface area contributed by atoms with Crippen molar-refractivity contribution in [2.45, 2.75) is 17.3 Å². The molecule has 58 heavy (non-hydrogen) atoms. The Morgan fingerprint density at radius 2 is 1.12 bits per heavy atom. The first-order chi connectivity index (χ1) is 28.8. The molecule has 0 saturated heterocycles. The highest BCUT2D eigenvalue weighted by atomic mass is 16.6. The van der Waals surface area contributed by atoms with E-state index in [0.717, 1.165) is 33.9 Å². The molecular weight excluding hydrogens is 707 g/mol. The number of hydrogen-bond donors (Lipinski definition) is 0. The minimum absolute atomic E-state index is 0.211. The lowest BCUT2D eigenvalue weighted by atomic mass is 9.71.